The number of aliphatic hydroxyl groups excluding tert-OH is 1. The highest BCUT2D eigenvalue weighted by Gasteiger charge is 2.28. The lowest BCUT2D eigenvalue weighted by atomic mass is 10.0. The van der Waals surface area contributed by atoms with Gasteiger partial charge >= 0.3 is 0 Å². The molecule has 122 valence electrons. The van der Waals surface area contributed by atoms with Crippen molar-refractivity contribution in [2.45, 2.75) is 26.8 Å². The monoisotopic (exact) mass is 326 g/mol. The maximum Gasteiger partial charge on any atom is 0.253 e. The molecule has 0 aliphatic rings. The molecule has 1 aromatic rings. The highest BCUT2D eigenvalue weighted by atomic mass is 35.5. The van der Waals surface area contributed by atoms with Crippen LogP contribution in [0.3, 0.4) is 0 Å². The summed E-state index contributed by atoms with van der Waals surface area (Å²) in [6, 6.07) is 6.05. The van der Waals surface area contributed by atoms with Crippen LogP contribution < -0.4 is 5.32 Å². The van der Waals surface area contributed by atoms with Crippen LogP contribution in [0, 0.1) is 5.92 Å². The minimum Gasteiger partial charge on any atom is -0.395 e. The second kappa shape index (κ2) is 8.76. The number of nitrogens with one attached hydrogen (secondary N) is 1. The minimum atomic E-state index is -0.657. The van der Waals surface area contributed by atoms with E-state index in [1.54, 1.807) is 24.3 Å². The van der Waals surface area contributed by atoms with Crippen molar-refractivity contribution < 1.29 is 14.7 Å². The van der Waals surface area contributed by atoms with Crippen LogP contribution in [0.2, 0.25) is 5.02 Å². The number of rotatable bonds is 7. The summed E-state index contributed by atoms with van der Waals surface area (Å²) in [4.78, 5) is 26.4. The summed E-state index contributed by atoms with van der Waals surface area (Å²) in [6.45, 7) is 6.18. The molecule has 0 aromatic heterocycles. The second-order valence-corrected chi connectivity index (χ2v) is 5.72. The quantitative estimate of drug-likeness (QED) is 0.804. The van der Waals surface area contributed by atoms with Crippen LogP contribution in [-0.2, 0) is 4.79 Å². The van der Waals surface area contributed by atoms with E-state index >= 15 is 0 Å². The maximum absolute atomic E-state index is 12.5. The highest BCUT2D eigenvalue weighted by molar-refractivity contribution is 6.33. The zero-order valence-corrected chi connectivity index (χ0v) is 13.9. The van der Waals surface area contributed by atoms with Crippen LogP contribution in [0.25, 0.3) is 0 Å². The van der Waals surface area contributed by atoms with E-state index < -0.39 is 6.04 Å². The Morgan fingerprint density at radius 3 is 2.45 bits per heavy atom. The Kier molecular flexibility index (Phi) is 7.35. The van der Waals surface area contributed by atoms with E-state index in [0.717, 1.165) is 0 Å². The number of nitrogens with zero attached hydrogens (tertiary/aromatic N) is 1. The van der Waals surface area contributed by atoms with Crippen LogP contribution in [0.5, 0.6) is 0 Å². The van der Waals surface area contributed by atoms with Crippen molar-refractivity contribution in [3.8, 4) is 0 Å². The lowest BCUT2D eigenvalue weighted by molar-refractivity contribution is -0.134. The lowest BCUT2D eigenvalue weighted by Gasteiger charge is -2.28. The minimum absolute atomic E-state index is 0.0771. The Morgan fingerprint density at radius 2 is 1.95 bits per heavy atom. The van der Waals surface area contributed by atoms with Gasteiger partial charge in [0.05, 0.1) is 17.2 Å². The molecule has 0 saturated carbocycles. The van der Waals surface area contributed by atoms with Crippen LogP contribution >= 0.6 is 11.6 Å². The van der Waals surface area contributed by atoms with Gasteiger partial charge in [-0.05, 0) is 25.0 Å². The lowest BCUT2D eigenvalue weighted by Crippen LogP contribution is -2.51. The summed E-state index contributed by atoms with van der Waals surface area (Å²) in [7, 11) is 0. The number of amides is 2. The highest BCUT2D eigenvalue weighted by Crippen LogP contribution is 2.16. The second-order valence-electron chi connectivity index (χ2n) is 5.32. The molecule has 0 fully saturated rings. The number of benzene rings is 1. The number of carbonyl (C=O) groups is 2. The normalized spacial score (nSPS) is 12.1. The molecule has 2 N–H and O–H groups in total. The first-order valence-electron chi connectivity index (χ1n) is 7.37. The molecular formula is C16H23ClN2O3. The fourth-order valence-electron chi connectivity index (χ4n) is 2.12. The van der Waals surface area contributed by atoms with Gasteiger partial charge in [-0.3, -0.25) is 9.59 Å². The van der Waals surface area contributed by atoms with Crippen LogP contribution in [0.1, 0.15) is 31.1 Å². The molecule has 1 aromatic carbocycles. The topological polar surface area (TPSA) is 69.6 Å². The fraction of sp³-hybridized carbons (Fsp3) is 0.500. The molecule has 0 heterocycles. The standard InChI is InChI=1S/C16H23ClN2O3/c1-4-19(9-10-20)16(22)14(11(2)3)18-15(21)12-7-5-6-8-13(12)17/h5-8,11,14,20H,4,9-10H2,1-3H3,(H,18,21)/t14-/m1/s1. The van der Waals surface area contributed by atoms with Crippen LogP contribution in [0.15, 0.2) is 24.3 Å². The average Bonchev–Trinajstić information content (AvgIpc) is 2.49. The van der Waals surface area contributed by atoms with E-state index in [1.807, 2.05) is 20.8 Å². The van der Waals surface area contributed by atoms with E-state index in [4.69, 9.17) is 16.7 Å². The van der Waals surface area contributed by atoms with E-state index in [2.05, 4.69) is 5.32 Å². The molecule has 0 unspecified atom stereocenters. The zero-order chi connectivity index (χ0) is 16.7. The summed E-state index contributed by atoms with van der Waals surface area (Å²) in [5, 5.41) is 12.1. The molecule has 0 bridgehead atoms. The predicted octanol–water partition coefficient (Wildman–Crippen LogP) is 1.94. The van der Waals surface area contributed by atoms with Gasteiger partial charge in [0.1, 0.15) is 6.04 Å². The van der Waals surface area contributed by atoms with Gasteiger partial charge in [0.15, 0.2) is 0 Å². The molecule has 22 heavy (non-hydrogen) atoms. The molecule has 0 aliphatic carbocycles. The summed E-state index contributed by atoms with van der Waals surface area (Å²) >= 11 is 6.01. The van der Waals surface area contributed by atoms with E-state index in [-0.39, 0.29) is 30.9 Å². The summed E-state index contributed by atoms with van der Waals surface area (Å²) in [5.41, 5.74) is 0.341. The Hall–Kier alpha value is -1.59. The molecule has 0 aliphatic heterocycles. The van der Waals surface area contributed by atoms with Gasteiger partial charge in [-0.1, -0.05) is 37.6 Å². The van der Waals surface area contributed by atoms with Gasteiger partial charge in [0.2, 0.25) is 5.91 Å². The van der Waals surface area contributed by atoms with E-state index in [9.17, 15) is 9.59 Å². The Labute approximate surface area is 136 Å². The summed E-state index contributed by atoms with van der Waals surface area (Å²) in [5.74, 6) is -0.656. The number of likely N-dealkylation sites (N-methyl/N-ethyl adjacent to an activating group) is 1. The number of hydrogen-bond donors (Lipinski definition) is 2. The predicted molar refractivity (Wildman–Crippen MR) is 86.9 cm³/mol. The first-order valence-corrected chi connectivity index (χ1v) is 7.75. The molecule has 2 amide bonds. The third kappa shape index (κ3) is 4.71. The third-order valence-electron chi connectivity index (χ3n) is 3.40. The number of halogens is 1. The van der Waals surface area contributed by atoms with Gasteiger partial charge in [-0.15, -0.1) is 0 Å². The zero-order valence-electron chi connectivity index (χ0n) is 13.2. The van der Waals surface area contributed by atoms with Crippen molar-refractivity contribution in [1.82, 2.24) is 10.2 Å². The third-order valence-corrected chi connectivity index (χ3v) is 3.73. The Bertz CT molecular complexity index is 520. The van der Waals surface area contributed by atoms with Crippen molar-refractivity contribution in [1.29, 1.82) is 0 Å². The Morgan fingerprint density at radius 1 is 1.32 bits per heavy atom. The number of hydrogen-bond acceptors (Lipinski definition) is 3. The van der Waals surface area contributed by atoms with Crippen molar-refractivity contribution in [3.63, 3.8) is 0 Å². The van der Waals surface area contributed by atoms with Gasteiger partial charge in [-0.25, -0.2) is 0 Å². The molecule has 1 rings (SSSR count). The van der Waals surface area contributed by atoms with Crippen LogP contribution in [0.4, 0.5) is 0 Å². The van der Waals surface area contributed by atoms with Gasteiger partial charge < -0.3 is 15.3 Å². The van der Waals surface area contributed by atoms with Gasteiger partial charge in [0, 0.05) is 13.1 Å². The number of aliphatic hydroxyl groups is 1. The van der Waals surface area contributed by atoms with Crippen molar-refractivity contribution in [3.05, 3.63) is 34.9 Å². The van der Waals surface area contributed by atoms with Crippen molar-refractivity contribution in [2.24, 2.45) is 5.92 Å². The van der Waals surface area contributed by atoms with Gasteiger partial charge in [0.25, 0.3) is 5.91 Å². The molecular weight excluding hydrogens is 304 g/mol. The number of carbonyl (C=O) groups excluding carboxylic acids is 2. The fourth-order valence-corrected chi connectivity index (χ4v) is 2.34. The molecule has 0 spiro atoms. The molecule has 0 saturated heterocycles. The van der Waals surface area contributed by atoms with Crippen LogP contribution in [-0.4, -0.2) is 47.6 Å². The summed E-state index contributed by atoms with van der Waals surface area (Å²) in [6.07, 6.45) is 0. The maximum atomic E-state index is 12.5. The van der Waals surface area contributed by atoms with Crippen molar-refractivity contribution >= 4 is 23.4 Å². The smallest absolute Gasteiger partial charge is 0.253 e. The first kappa shape index (κ1) is 18.5. The largest absolute Gasteiger partial charge is 0.395 e. The van der Waals surface area contributed by atoms with E-state index in [1.165, 1.54) is 4.90 Å². The first-order chi connectivity index (χ1) is 10.4. The molecule has 1 atom stereocenters. The molecule has 6 heteroatoms. The molecule has 0 radical (unpaired) electrons. The Balaban J connectivity index is 2.91. The average molecular weight is 327 g/mol. The van der Waals surface area contributed by atoms with Gasteiger partial charge in [-0.2, -0.15) is 0 Å². The van der Waals surface area contributed by atoms with Crippen molar-refractivity contribution in [2.75, 3.05) is 19.7 Å². The van der Waals surface area contributed by atoms with E-state index in [0.29, 0.717) is 17.1 Å². The summed E-state index contributed by atoms with van der Waals surface area (Å²) < 4.78 is 0. The molecule has 5 nitrogen and oxygen atoms in total. The SMILES string of the molecule is CCN(CCO)C(=O)[C@H](NC(=O)c1ccccc1Cl)C(C)C.